The molecule has 0 amide bonds. The minimum Gasteiger partial charge on any atom is -0.497 e. The summed E-state index contributed by atoms with van der Waals surface area (Å²) in [7, 11) is 3.38. The summed E-state index contributed by atoms with van der Waals surface area (Å²) in [5.41, 5.74) is 1.97. The number of hydrogen-bond acceptors (Lipinski definition) is 3. The number of aromatic nitrogens is 2. The van der Waals surface area contributed by atoms with Gasteiger partial charge in [-0.3, -0.25) is 0 Å². The zero-order valence-corrected chi connectivity index (χ0v) is 14.0. The van der Waals surface area contributed by atoms with Crippen molar-refractivity contribution < 1.29 is 9.47 Å². The van der Waals surface area contributed by atoms with Gasteiger partial charge >= 0.3 is 0 Å². The molecule has 0 bridgehead atoms. The van der Waals surface area contributed by atoms with Gasteiger partial charge in [0, 0.05) is 13.2 Å². The SMILES string of the molecule is COCC(C(C)C)n1c(C(C)Cl)nc2cc(OC)ccc21. The van der Waals surface area contributed by atoms with Crippen molar-refractivity contribution in [2.24, 2.45) is 5.92 Å². The lowest BCUT2D eigenvalue weighted by molar-refractivity contribution is 0.133. The highest BCUT2D eigenvalue weighted by atomic mass is 35.5. The van der Waals surface area contributed by atoms with Gasteiger partial charge in [0.1, 0.15) is 11.6 Å². The number of methoxy groups -OCH3 is 2. The van der Waals surface area contributed by atoms with Gasteiger partial charge < -0.3 is 14.0 Å². The fraction of sp³-hybridized carbons (Fsp3) is 0.562. The first kappa shape index (κ1) is 16.1. The summed E-state index contributed by atoms with van der Waals surface area (Å²) < 4.78 is 12.9. The number of hydrogen-bond donors (Lipinski definition) is 0. The predicted octanol–water partition coefficient (Wildman–Crippen LogP) is 4.19. The summed E-state index contributed by atoms with van der Waals surface area (Å²) in [6.07, 6.45) is 0. The number of imidazole rings is 1. The summed E-state index contributed by atoms with van der Waals surface area (Å²) in [5.74, 6) is 2.09. The van der Waals surface area contributed by atoms with Crippen LogP contribution >= 0.6 is 11.6 Å². The molecule has 1 heterocycles. The molecule has 0 aliphatic carbocycles. The van der Waals surface area contributed by atoms with Crippen LogP contribution in [0.5, 0.6) is 5.75 Å². The minimum absolute atomic E-state index is 0.165. The number of alkyl halides is 1. The van der Waals surface area contributed by atoms with Gasteiger partial charge in [-0.25, -0.2) is 4.98 Å². The van der Waals surface area contributed by atoms with Crippen molar-refractivity contribution in [3.05, 3.63) is 24.0 Å². The third kappa shape index (κ3) is 3.16. The Labute approximate surface area is 131 Å². The molecule has 2 unspecified atom stereocenters. The van der Waals surface area contributed by atoms with Crippen molar-refractivity contribution in [2.75, 3.05) is 20.8 Å². The summed E-state index contributed by atoms with van der Waals surface area (Å²) in [5, 5.41) is -0.165. The Morgan fingerprint density at radius 2 is 1.95 bits per heavy atom. The van der Waals surface area contributed by atoms with Crippen molar-refractivity contribution in [1.82, 2.24) is 9.55 Å². The van der Waals surface area contributed by atoms with E-state index in [-0.39, 0.29) is 11.4 Å². The molecule has 0 radical (unpaired) electrons. The van der Waals surface area contributed by atoms with Crippen LogP contribution in [0, 0.1) is 5.92 Å². The van der Waals surface area contributed by atoms with Crippen molar-refractivity contribution in [1.29, 1.82) is 0 Å². The number of halogens is 1. The molecule has 0 fully saturated rings. The lowest BCUT2D eigenvalue weighted by Crippen LogP contribution is -2.22. The summed E-state index contributed by atoms with van der Waals surface area (Å²) in [6.45, 7) is 6.94. The van der Waals surface area contributed by atoms with E-state index in [4.69, 9.17) is 26.1 Å². The molecule has 2 aromatic rings. The molecule has 0 aliphatic rings. The largest absolute Gasteiger partial charge is 0.497 e. The third-order valence-electron chi connectivity index (χ3n) is 3.72. The van der Waals surface area contributed by atoms with Crippen LogP contribution in [0.3, 0.4) is 0 Å². The quantitative estimate of drug-likeness (QED) is 0.751. The van der Waals surface area contributed by atoms with Gasteiger partial charge in [0.15, 0.2) is 0 Å². The maximum atomic E-state index is 6.35. The van der Waals surface area contributed by atoms with E-state index >= 15 is 0 Å². The molecule has 21 heavy (non-hydrogen) atoms. The Bertz CT molecular complexity index is 608. The van der Waals surface area contributed by atoms with Gasteiger partial charge in [-0.2, -0.15) is 0 Å². The smallest absolute Gasteiger partial charge is 0.128 e. The Morgan fingerprint density at radius 3 is 2.48 bits per heavy atom. The Kier molecular flexibility index (Phi) is 5.12. The third-order valence-corrected chi connectivity index (χ3v) is 3.91. The van der Waals surface area contributed by atoms with Gasteiger partial charge in [-0.1, -0.05) is 13.8 Å². The van der Waals surface area contributed by atoms with E-state index in [0.29, 0.717) is 12.5 Å². The number of fused-ring (bicyclic) bond motifs is 1. The van der Waals surface area contributed by atoms with E-state index in [9.17, 15) is 0 Å². The van der Waals surface area contributed by atoms with Crippen LogP contribution in [-0.4, -0.2) is 30.4 Å². The Balaban J connectivity index is 2.65. The average molecular weight is 311 g/mol. The van der Waals surface area contributed by atoms with Crippen LogP contribution < -0.4 is 4.74 Å². The Morgan fingerprint density at radius 1 is 1.24 bits per heavy atom. The molecule has 1 aromatic heterocycles. The van der Waals surface area contributed by atoms with E-state index in [2.05, 4.69) is 18.4 Å². The van der Waals surface area contributed by atoms with E-state index in [0.717, 1.165) is 22.6 Å². The van der Waals surface area contributed by atoms with E-state index in [1.807, 2.05) is 25.1 Å². The van der Waals surface area contributed by atoms with Gasteiger partial charge in [0.2, 0.25) is 0 Å². The van der Waals surface area contributed by atoms with Crippen molar-refractivity contribution >= 4 is 22.6 Å². The molecule has 0 spiro atoms. The first-order valence-electron chi connectivity index (χ1n) is 7.18. The molecule has 2 atom stereocenters. The zero-order chi connectivity index (χ0) is 15.6. The fourth-order valence-electron chi connectivity index (χ4n) is 2.59. The molecule has 1 aromatic carbocycles. The fourth-order valence-corrected chi connectivity index (χ4v) is 2.74. The van der Waals surface area contributed by atoms with Crippen LogP contribution in [0.2, 0.25) is 0 Å². The first-order valence-corrected chi connectivity index (χ1v) is 7.62. The zero-order valence-electron chi connectivity index (χ0n) is 13.3. The molecule has 116 valence electrons. The number of ether oxygens (including phenoxy) is 2. The van der Waals surface area contributed by atoms with E-state index < -0.39 is 0 Å². The van der Waals surface area contributed by atoms with Crippen molar-refractivity contribution in [2.45, 2.75) is 32.2 Å². The Hall–Kier alpha value is -1.26. The number of benzene rings is 1. The van der Waals surface area contributed by atoms with Crippen molar-refractivity contribution in [3.8, 4) is 5.75 Å². The van der Waals surface area contributed by atoms with Gasteiger partial charge in [0.05, 0.1) is 36.2 Å². The molecular formula is C16H23ClN2O2. The van der Waals surface area contributed by atoms with Gasteiger partial charge in [0.25, 0.3) is 0 Å². The van der Waals surface area contributed by atoms with Crippen LogP contribution in [0.1, 0.15) is 38.0 Å². The minimum atomic E-state index is -0.165. The van der Waals surface area contributed by atoms with E-state index in [1.165, 1.54) is 0 Å². The first-order chi connectivity index (χ1) is 9.99. The van der Waals surface area contributed by atoms with Crippen LogP contribution in [0.4, 0.5) is 0 Å². The molecule has 0 saturated carbocycles. The van der Waals surface area contributed by atoms with Crippen molar-refractivity contribution in [3.63, 3.8) is 0 Å². The van der Waals surface area contributed by atoms with Gasteiger partial charge in [-0.15, -0.1) is 11.6 Å². The maximum Gasteiger partial charge on any atom is 0.128 e. The topological polar surface area (TPSA) is 36.3 Å². The molecule has 0 saturated heterocycles. The second kappa shape index (κ2) is 6.67. The van der Waals surface area contributed by atoms with Gasteiger partial charge in [-0.05, 0) is 25.0 Å². The lowest BCUT2D eigenvalue weighted by atomic mass is 10.0. The molecule has 0 N–H and O–H groups in total. The van der Waals surface area contributed by atoms with Crippen LogP contribution in [0.15, 0.2) is 18.2 Å². The molecule has 4 nitrogen and oxygen atoms in total. The number of nitrogens with zero attached hydrogens (tertiary/aromatic N) is 2. The second-order valence-corrected chi connectivity index (χ2v) is 6.23. The highest BCUT2D eigenvalue weighted by Gasteiger charge is 2.24. The summed E-state index contributed by atoms with van der Waals surface area (Å²) in [6, 6.07) is 6.13. The normalized spacial score (nSPS) is 14.6. The monoisotopic (exact) mass is 310 g/mol. The molecule has 2 rings (SSSR count). The summed E-state index contributed by atoms with van der Waals surface area (Å²) >= 11 is 6.35. The average Bonchev–Trinajstić information content (AvgIpc) is 2.82. The number of rotatable bonds is 6. The highest BCUT2D eigenvalue weighted by Crippen LogP contribution is 2.32. The summed E-state index contributed by atoms with van der Waals surface area (Å²) in [4.78, 5) is 4.70. The lowest BCUT2D eigenvalue weighted by Gasteiger charge is -2.25. The second-order valence-electron chi connectivity index (χ2n) is 5.58. The standard InChI is InChI=1S/C16H23ClN2O2/c1-10(2)15(9-20-4)19-14-7-6-12(21-5)8-13(14)18-16(19)11(3)17/h6-8,10-11,15H,9H2,1-5H3. The molecular weight excluding hydrogens is 288 g/mol. The van der Waals surface area contributed by atoms with Crippen LogP contribution in [0.25, 0.3) is 11.0 Å². The predicted molar refractivity (Wildman–Crippen MR) is 86.3 cm³/mol. The van der Waals surface area contributed by atoms with E-state index in [1.54, 1.807) is 14.2 Å². The molecule has 5 heteroatoms. The maximum absolute atomic E-state index is 6.35. The van der Waals surface area contributed by atoms with Crippen LogP contribution in [-0.2, 0) is 4.74 Å². The highest BCUT2D eigenvalue weighted by molar-refractivity contribution is 6.20. The molecule has 0 aliphatic heterocycles.